The van der Waals surface area contributed by atoms with E-state index in [9.17, 15) is 8.42 Å². The van der Waals surface area contributed by atoms with Gasteiger partial charge in [0.2, 0.25) is 10.0 Å². The molecule has 6 heteroatoms. The average Bonchev–Trinajstić information content (AvgIpc) is 2.96. The quantitative estimate of drug-likeness (QED) is 0.928. The van der Waals surface area contributed by atoms with Crippen molar-refractivity contribution >= 4 is 15.8 Å². The molecule has 0 aromatic carbocycles. The van der Waals surface area contributed by atoms with Gasteiger partial charge < -0.3 is 5.32 Å². The summed E-state index contributed by atoms with van der Waals surface area (Å²) in [6, 6.07) is 3.56. The van der Waals surface area contributed by atoms with E-state index >= 15 is 0 Å². The minimum absolute atomic E-state index is 0.193. The molecule has 1 aromatic heterocycles. The van der Waals surface area contributed by atoms with Gasteiger partial charge in [-0.25, -0.2) is 13.4 Å². The van der Waals surface area contributed by atoms with Gasteiger partial charge in [-0.3, -0.25) is 0 Å². The molecule has 2 aliphatic rings. The summed E-state index contributed by atoms with van der Waals surface area (Å²) in [7, 11) is -3.46. The summed E-state index contributed by atoms with van der Waals surface area (Å²) in [5.41, 5.74) is 0. The molecule has 1 saturated carbocycles. The van der Waals surface area contributed by atoms with Crippen LogP contribution in [0.4, 0.5) is 5.82 Å². The lowest BCUT2D eigenvalue weighted by Crippen LogP contribution is -2.46. The van der Waals surface area contributed by atoms with E-state index in [1.54, 1.807) is 22.6 Å². The van der Waals surface area contributed by atoms with Crippen LogP contribution in [-0.4, -0.2) is 36.8 Å². The van der Waals surface area contributed by atoms with Gasteiger partial charge in [-0.1, -0.05) is 6.42 Å². The zero-order chi connectivity index (χ0) is 14.9. The number of hydrogen-bond donors (Lipinski definition) is 1. The summed E-state index contributed by atoms with van der Waals surface area (Å²) in [5, 5.41) is 3.06. The van der Waals surface area contributed by atoms with Crippen molar-refractivity contribution in [2.75, 3.05) is 18.4 Å². The minimum atomic E-state index is -3.46. The third-order valence-electron chi connectivity index (χ3n) is 4.64. The normalized spacial score (nSPS) is 26.5. The first-order chi connectivity index (χ1) is 10.1. The summed E-state index contributed by atoms with van der Waals surface area (Å²) < 4.78 is 27.9. The Morgan fingerprint density at radius 1 is 1.33 bits per heavy atom. The second kappa shape index (κ2) is 5.93. The van der Waals surface area contributed by atoms with Gasteiger partial charge in [-0.2, -0.15) is 4.31 Å². The minimum Gasteiger partial charge on any atom is -0.369 e. The predicted octanol–water partition coefficient (Wildman–Crippen LogP) is 2.47. The van der Waals surface area contributed by atoms with Crippen LogP contribution in [0.1, 0.15) is 39.0 Å². The third kappa shape index (κ3) is 2.66. The topological polar surface area (TPSA) is 62.3 Å². The Bertz CT molecular complexity index is 603. The Kier molecular flexibility index (Phi) is 4.17. The van der Waals surface area contributed by atoms with E-state index in [-0.39, 0.29) is 6.04 Å². The van der Waals surface area contributed by atoms with Crippen molar-refractivity contribution in [3.8, 4) is 0 Å². The van der Waals surface area contributed by atoms with Gasteiger partial charge in [0.15, 0.2) is 0 Å². The van der Waals surface area contributed by atoms with Crippen molar-refractivity contribution in [2.45, 2.75) is 50.0 Å². The molecule has 116 valence electrons. The van der Waals surface area contributed by atoms with Crippen LogP contribution >= 0.6 is 0 Å². The highest BCUT2D eigenvalue weighted by molar-refractivity contribution is 7.89. The molecule has 2 fully saturated rings. The van der Waals surface area contributed by atoms with E-state index in [1.807, 2.05) is 6.92 Å². The molecule has 2 unspecified atom stereocenters. The molecule has 1 N–H and O–H groups in total. The Morgan fingerprint density at radius 2 is 2.14 bits per heavy atom. The molecule has 5 nitrogen and oxygen atoms in total. The highest BCUT2D eigenvalue weighted by Crippen LogP contribution is 2.40. The second-order valence-corrected chi connectivity index (χ2v) is 7.76. The summed E-state index contributed by atoms with van der Waals surface area (Å²) >= 11 is 0. The number of hydrogen-bond acceptors (Lipinski definition) is 4. The molecule has 0 radical (unpaired) electrons. The van der Waals surface area contributed by atoms with Crippen molar-refractivity contribution in [3.05, 3.63) is 18.3 Å². The first-order valence-corrected chi connectivity index (χ1v) is 9.29. The largest absolute Gasteiger partial charge is 0.369 e. The van der Waals surface area contributed by atoms with Gasteiger partial charge in [0.25, 0.3) is 0 Å². The van der Waals surface area contributed by atoms with E-state index in [4.69, 9.17) is 0 Å². The van der Waals surface area contributed by atoms with Crippen LogP contribution in [0.5, 0.6) is 0 Å². The van der Waals surface area contributed by atoms with Crippen LogP contribution in [0.2, 0.25) is 0 Å². The molecule has 21 heavy (non-hydrogen) atoms. The highest BCUT2D eigenvalue weighted by atomic mass is 32.2. The van der Waals surface area contributed by atoms with Crippen LogP contribution in [-0.2, 0) is 10.0 Å². The SMILES string of the molecule is CCNc1ncccc1S(=O)(=O)N1CCCC2CCCC21. The Hall–Kier alpha value is -1.14. The number of nitrogens with one attached hydrogen (secondary N) is 1. The van der Waals surface area contributed by atoms with Gasteiger partial charge in [0.1, 0.15) is 10.7 Å². The van der Waals surface area contributed by atoms with Crippen LogP contribution in [0, 0.1) is 5.92 Å². The lowest BCUT2D eigenvalue weighted by molar-refractivity contribution is 0.202. The fourth-order valence-electron chi connectivity index (χ4n) is 3.73. The Balaban J connectivity index is 1.96. The highest BCUT2D eigenvalue weighted by Gasteiger charge is 2.42. The molecule has 0 bridgehead atoms. The summed E-state index contributed by atoms with van der Waals surface area (Å²) in [6.45, 7) is 3.24. The third-order valence-corrected chi connectivity index (χ3v) is 6.60. The van der Waals surface area contributed by atoms with Crippen molar-refractivity contribution in [3.63, 3.8) is 0 Å². The maximum absolute atomic E-state index is 13.1. The van der Waals surface area contributed by atoms with Crippen molar-refractivity contribution in [2.24, 2.45) is 5.92 Å². The monoisotopic (exact) mass is 309 g/mol. The molecule has 1 aliphatic heterocycles. The molecule has 0 amide bonds. The maximum Gasteiger partial charge on any atom is 0.247 e. The standard InChI is InChI=1S/C15H23N3O2S/c1-2-16-15-14(9-4-10-17-15)21(19,20)18-11-5-7-12-6-3-8-13(12)18/h4,9-10,12-13H,2-3,5-8,11H2,1H3,(H,16,17). The van der Waals surface area contributed by atoms with Gasteiger partial charge >= 0.3 is 0 Å². The number of fused-ring (bicyclic) bond motifs is 1. The molecule has 3 rings (SSSR count). The molecule has 2 atom stereocenters. The number of rotatable bonds is 4. The molecular formula is C15H23N3O2S. The number of aromatic nitrogens is 1. The van der Waals surface area contributed by atoms with Gasteiger partial charge in [0, 0.05) is 25.3 Å². The molecular weight excluding hydrogens is 286 g/mol. The Labute approximate surface area is 126 Å². The summed E-state index contributed by atoms with van der Waals surface area (Å²) in [5.74, 6) is 1.02. The molecule has 2 heterocycles. The predicted molar refractivity (Wildman–Crippen MR) is 82.7 cm³/mol. The first-order valence-electron chi connectivity index (χ1n) is 7.85. The summed E-state index contributed by atoms with van der Waals surface area (Å²) in [4.78, 5) is 4.52. The number of anilines is 1. The number of pyridine rings is 1. The number of nitrogens with zero attached hydrogens (tertiary/aromatic N) is 2. The van der Waals surface area contributed by atoms with Crippen LogP contribution in [0.15, 0.2) is 23.2 Å². The van der Waals surface area contributed by atoms with Crippen LogP contribution in [0.3, 0.4) is 0 Å². The zero-order valence-corrected chi connectivity index (χ0v) is 13.3. The average molecular weight is 309 g/mol. The molecule has 1 aliphatic carbocycles. The summed E-state index contributed by atoms with van der Waals surface area (Å²) in [6.07, 6.45) is 7.09. The Morgan fingerprint density at radius 3 is 2.95 bits per heavy atom. The van der Waals surface area contributed by atoms with Crippen molar-refractivity contribution in [1.29, 1.82) is 0 Å². The molecule has 0 spiro atoms. The number of piperidine rings is 1. The van der Waals surface area contributed by atoms with E-state index in [0.29, 0.717) is 29.7 Å². The van der Waals surface area contributed by atoms with Gasteiger partial charge in [-0.05, 0) is 50.7 Å². The van der Waals surface area contributed by atoms with Gasteiger partial charge in [-0.15, -0.1) is 0 Å². The van der Waals surface area contributed by atoms with Crippen LogP contribution in [0.25, 0.3) is 0 Å². The van der Waals surface area contributed by atoms with Crippen molar-refractivity contribution < 1.29 is 8.42 Å². The molecule has 1 aromatic rings. The fourth-order valence-corrected chi connectivity index (χ4v) is 5.61. The number of sulfonamides is 1. The zero-order valence-electron chi connectivity index (χ0n) is 12.5. The maximum atomic E-state index is 13.1. The lowest BCUT2D eigenvalue weighted by Gasteiger charge is -2.36. The second-order valence-electron chi connectivity index (χ2n) is 5.90. The van der Waals surface area contributed by atoms with E-state index in [0.717, 1.165) is 19.3 Å². The van der Waals surface area contributed by atoms with E-state index in [1.165, 1.54) is 12.8 Å². The lowest BCUT2D eigenvalue weighted by atomic mass is 9.94. The molecule has 1 saturated heterocycles. The first kappa shape index (κ1) is 14.8. The van der Waals surface area contributed by atoms with Gasteiger partial charge in [0.05, 0.1) is 0 Å². The fraction of sp³-hybridized carbons (Fsp3) is 0.667. The van der Waals surface area contributed by atoms with E-state index in [2.05, 4.69) is 10.3 Å². The van der Waals surface area contributed by atoms with Crippen molar-refractivity contribution in [1.82, 2.24) is 9.29 Å². The van der Waals surface area contributed by atoms with Crippen LogP contribution < -0.4 is 5.32 Å². The van der Waals surface area contributed by atoms with E-state index < -0.39 is 10.0 Å². The smallest absolute Gasteiger partial charge is 0.247 e.